The average Bonchev–Trinajstić information content (AvgIpc) is 1.95. The third-order valence-electron chi connectivity index (χ3n) is 1.67. The predicted octanol–water partition coefficient (Wildman–Crippen LogP) is 0.811. The van der Waals surface area contributed by atoms with Crippen LogP contribution in [-0.4, -0.2) is 12.4 Å². The first-order valence-electron chi connectivity index (χ1n) is 3.52. The number of phenols is 1. The molecule has 1 N–H and O–H groups in total. The van der Waals surface area contributed by atoms with Crippen LogP contribution in [0.3, 0.4) is 0 Å². The van der Waals surface area contributed by atoms with E-state index in [4.69, 9.17) is 5.11 Å². The lowest BCUT2D eigenvalue weighted by Crippen LogP contribution is -2.09. The van der Waals surface area contributed by atoms with Crippen molar-refractivity contribution in [3.63, 3.8) is 0 Å². The van der Waals surface area contributed by atoms with Gasteiger partial charge in [0.1, 0.15) is 5.75 Å². The number of phenolic OH excluding ortho intramolecular Hbond substituents is 1. The highest BCUT2D eigenvalue weighted by atomic mass is 16.3. The van der Waals surface area contributed by atoms with E-state index in [-0.39, 0.29) is 0 Å². The average molecular weight is 134 g/mol. The first kappa shape index (κ1) is 7.20. The Morgan fingerprint density at radius 1 is 1.40 bits per heavy atom. The van der Waals surface area contributed by atoms with Crippen molar-refractivity contribution in [1.82, 2.24) is 0 Å². The molecule has 0 aliphatic rings. The Morgan fingerprint density at radius 2 is 2.10 bits per heavy atom. The Labute approximate surface area is 61.9 Å². The van der Waals surface area contributed by atoms with Gasteiger partial charge in [0, 0.05) is 0 Å². The molecule has 10 heavy (non-hydrogen) atoms. The van der Waals surface area contributed by atoms with Crippen LogP contribution in [0.2, 0.25) is 6.82 Å². The minimum Gasteiger partial charge on any atom is -0.508 e. The Morgan fingerprint density at radius 3 is 2.60 bits per heavy atom. The summed E-state index contributed by atoms with van der Waals surface area (Å²) < 4.78 is 0. The van der Waals surface area contributed by atoms with Gasteiger partial charge in [-0.25, -0.2) is 0 Å². The van der Waals surface area contributed by atoms with Gasteiger partial charge < -0.3 is 5.11 Å². The number of benzene rings is 1. The maximum absolute atomic E-state index is 9.14. The van der Waals surface area contributed by atoms with Gasteiger partial charge in [-0.3, -0.25) is 0 Å². The molecule has 0 aliphatic heterocycles. The Bertz CT molecular complexity index is 233. The summed E-state index contributed by atoms with van der Waals surface area (Å²) in [6.07, 6.45) is 0. The van der Waals surface area contributed by atoms with E-state index in [1.165, 1.54) is 5.46 Å². The van der Waals surface area contributed by atoms with Crippen LogP contribution in [-0.2, 0) is 0 Å². The van der Waals surface area contributed by atoms with Gasteiger partial charge in [0.25, 0.3) is 0 Å². The minimum absolute atomic E-state index is 0.386. The molecule has 0 radical (unpaired) electrons. The first-order valence-corrected chi connectivity index (χ1v) is 3.52. The van der Waals surface area contributed by atoms with E-state index in [1.54, 1.807) is 6.07 Å². The van der Waals surface area contributed by atoms with Crippen molar-refractivity contribution in [2.45, 2.75) is 13.7 Å². The smallest absolute Gasteiger partial charge is 0.154 e. The summed E-state index contributed by atoms with van der Waals surface area (Å²) in [6, 6.07) is 5.70. The molecule has 0 saturated carbocycles. The lowest BCUT2D eigenvalue weighted by Gasteiger charge is -1.99. The van der Waals surface area contributed by atoms with Crippen LogP contribution in [0.1, 0.15) is 5.56 Å². The Balaban J connectivity index is 3.04. The summed E-state index contributed by atoms with van der Waals surface area (Å²) in [5.41, 5.74) is 2.23. The molecule has 0 aliphatic carbocycles. The molecule has 0 atom stereocenters. The van der Waals surface area contributed by atoms with Crippen LogP contribution in [0, 0.1) is 6.92 Å². The lowest BCUT2D eigenvalue weighted by atomic mass is 9.73. The van der Waals surface area contributed by atoms with E-state index in [9.17, 15) is 0 Å². The van der Waals surface area contributed by atoms with Crippen molar-refractivity contribution in [2.75, 3.05) is 0 Å². The van der Waals surface area contributed by atoms with E-state index in [0.717, 1.165) is 12.8 Å². The van der Waals surface area contributed by atoms with Crippen LogP contribution in [0.5, 0.6) is 5.75 Å². The molecular weight excluding hydrogens is 123 g/mol. The van der Waals surface area contributed by atoms with E-state index < -0.39 is 0 Å². The molecule has 0 amide bonds. The highest BCUT2D eigenvalue weighted by Crippen LogP contribution is 2.11. The summed E-state index contributed by atoms with van der Waals surface area (Å²) in [4.78, 5) is 0. The van der Waals surface area contributed by atoms with Gasteiger partial charge in [0.2, 0.25) is 0 Å². The van der Waals surface area contributed by atoms with Gasteiger partial charge >= 0.3 is 0 Å². The minimum atomic E-state index is 0.386. The normalized spacial score (nSPS) is 9.40. The van der Waals surface area contributed by atoms with Crippen molar-refractivity contribution in [2.24, 2.45) is 0 Å². The summed E-state index contributed by atoms with van der Waals surface area (Å²) >= 11 is 0. The quantitative estimate of drug-likeness (QED) is 0.563. The van der Waals surface area contributed by atoms with Crippen molar-refractivity contribution in [3.8, 4) is 5.75 Å². The zero-order chi connectivity index (χ0) is 7.56. The van der Waals surface area contributed by atoms with E-state index in [0.29, 0.717) is 5.75 Å². The molecule has 0 bridgehead atoms. The molecule has 1 aromatic rings. The fourth-order valence-electron chi connectivity index (χ4n) is 0.937. The van der Waals surface area contributed by atoms with Crippen molar-refractivity contribution < 1.29 is 5.11 Å². The van der Waals surface area contributed by atoms with Gasteiger partial charge in [-0.15, -0.1) is 0 Å². The number of aromatic hydroxyl groups is 1. The largest absolute Gasteiger partial charge is 0.508 e. The van der Waals surface area contributed by atoms with Gasteiger partial charge in [0.15, 0.2) is 7.28 Å². The lowest BCUT2D eigenvalue weighted by molar-refractivity contribution is 0.471. The number of aryl methyl sites for hydroxylation is 1. The Hall–Kier alpha value is -0.915. The summed E-state index contributed by atoms with van der Waals surface area (Å²) in [5.74, 6) is 0.386. The molecule has 0 spiro atoms. The van der Waals surface area contributed by atoms with E-state index in [2.05, 4.69) is 6.82 Å². The Kier molecular flexibility index (Phi) is 2.00. The highest BCUT2D eigenvalue weighted by molar-refractivity contribution is 6.51. The second-order valence-corrected chi connectivity index (χ2v) is 2.47. The fourth-order valence-corrected chi connectivity index (χ4v) is 0.937. The van der Waals surface area contributed by atoms with E-state index in [1.807, 2.05) is 19.1 Å². The first-order chi connectivity index (χ1) is 4.74. The highest BCUT2D eigenvalue weighted by Gasteiger charge is 1.95. The van der Waals surface area contributed by atoms with Gasteiger partial charge in [-0.1, -0.05) is 24.4 Å². The summed E-state index contributed by atoms with van der Waals surface area (Å²) in [7, 11) is 1.03. The molecule has 52 valence electrons. The molecular formula is C8H11BO. The molecule has 0 unspecified atom stereocenters. The second kappa shape index (κ2) is 2.78. The maximum Gasteiger partial charge on any atom is 0.154 e. The van der Waals surface area contributed by atoms with Gasteiger partial charge in [0.05, 0.1) is 0 Å². The molecule has 0 fully saturated rings. The molecule has 1 aromatic carbocycles. The third kappa shape index (κ3) is 1.32. The third-order valence-corrected chi connectivity index (χ3v) is 1.67. The molecule has 1 rings (SSSR count). The number of rotatable bonds is 1. The number of hydrogen-bond acceptors (Lipinski definition) is 1. The van der Waals surface area contributed by atoms with Crippen LogP contribution >= 0.6 is 0 Å². The molecule has 0 heterocycles. The van der Waals surface area contributed by atoms with Crippen molar-refractivity contribution in [3.05, 3.63) is 23.8 Å². The molecule has 0 saturated heterocycles. The predicted molar refractivity (Wildman–Crippen MR) is 45.5 cm³/mol. The van der Waals surface area contributed by atoms with Crippen LogP contribution in [0.25, 0.3) is 0 Å². The van der Waals surface area contributed by atoms with Crippen molar-refractivity contribution >= 4 is 12.7 Å². The molecule has 1 nitrogen and oxygen atoms in total. The molecule has 0 aromatic heterocycles. The SMILES string of the molecule is CBc1ccc(O)c(C)c1. The second-order valence-electron chi connectivity index (χ2n) is 2.47. The summed E-state index contributed by atoms with van der Waals surface area (Å²) in [5, 5.41) is 9.14. The van der Waals surface area contributed by atoms with Gasteiger partial charge in [-0.05, 0) is 18.6 Å². The van der Waals surface area contributed by atoms with E-state index >= 15 is 0 Å². The summed E-state index contributed by atoms with van der Waals surface area (Å²) in [6.45, 7) is 4.01. The van der Waals surface area contributed by atoms with Crippen LogP contribution < -0.4 is 5.46 Å². The van der Waals surface area contributed by atoms with Crippen LogP contribution in [0.15, 0.2) is 18.2 Å². The standard InChI is InChI=1S/C8H11BO/c1-6-5-7(9-2)3-4-8(6)10/h3-5,9-10H,1-2H3. The maximum atomic E-state index is 9.14. The fraction of sp³-hybridized carbons (Fsp3) is 0.250. The number of hydrogen-bond donors (Lipinski definition) is 1. The zero-order valence-electron chi connectivity index (χ0n) is 6.39. The topological polar surface area (TPSA) is 20.2 Å². The monoisotopic (exact) mass is 134 g/mol. The van der Waals surface area contributed by atoms with Crippen LogP contribution in [0.4, 0.5) is 0 Å². The zero-order valence-corrected chi connectivity index (χ0v) is 6.39. The van der Waals surface area contributed by atoms with Gasteiger partial charge in [-0.2, -0.15) is 0 Å². The van der Waals surface area contributed by atoms with Crippen molar-refractivity contribution in [1.29, 1.82) is 0 Å². The molecule has 2 heteroatoms.